The molecule has 5 heteroatoms. The molecule has 1 amide bonds. The first-order chi connectivity index (χ1) is 9.61. The van der Waals surface area contributed by atoms with Crippen LogP contribution in [0.5, 0.6) is 5.75 Å². The van der Waals surface area contributed by atoms with E-state index in [1.807, 2.05) is 6.92 Å². The van der Waals surface area contributed by atoms with Gasteiger partial charge in [0.15, 0.2) is 0 Å². The zero-order valence-electron chi connectivity index (χ0n) is 11.4. The van der Waals surface area contributed by atoms with Crippen molar-refractivity contribution in [2.24, 2.45) is 0 Å². The third-order valence-electron chi connectivity index (χ3n) is 3.01. The molecule has 1 atom stereocenters. The van der Waals surface area contributed by atoms with E-state index in [-0.39, 0.29) is 12.5 Å². The monoisotopic (exact) mass is 275 g/mol. The van der Waals surface area contributed by atoms with Crippen LogP contribution in [0.2, 0.25) is 0 Å². The van der Waals surface area contributed by atoms with Crippen LogP contribution in [0.1, 0.15) is 27.8 Å². The number of hydrogen-bond acceptors (Lipinski definition) is 4. The van der Waals surface area contributed by atoms with Gasteiger partial charge >= 0.3 is 0 Å². The van der Waals surface area contributed by atoms with Crippen molar-refractivity contribution >= 4 is 5.91 Å². The van der Waals surface area contributed by atoms with Gasteiger partial charge in [-0.1, -0.05) is 0 Å². The van der Waals surface area contributed by atoms with Gasteiger partial charge < -0.3 is 19.6 Å². The molecule has 0 fully saturated rings. The second-order valence-corrected chi connectivity index (χ2v) is 4.42. The molecule has 0 saturated carbocycles. The fourth-order valence-corrected chi connectivity index (χ4v) is 1.88. The van der Waals surface area contributed by atoms with Gasteiger partial charge in [0.05, 0.1) is 19.9 Å². The molecule has 1 heterocycles. The van der Waals surface area contributed by atoms with Gasteiger partial charge in [-0.3, -0.25) is 4.79 Å². The molecule has 106 valence electrons. The summed E-state index contributed by atoms with van der Waals surface area (Å²) >= 11 is 0. The van der Waals surface area contributed by atoms with Crippen LogP contribution in [0.25, 0.3) is 0 Å². The van der Waals surface area contributed by atoms with E-state index in [0.29, 0.717) is 17.1 Å². The van der Waals surface area contributed by atoms with Gasteiger partial charge in [0.2, 0.25) is 0 Å². The van der Waals surface area contributed by atoms with Crippen LogP contribution in [0.15, 0.2) is 41.0 Å². The normalized spacial score (nSPS) is 11.9. The minimum atomic E-state index is -0.854. The molecule has 0 aliphatic rings. The quantitative estimate of drug-likeness (QED) is 0.876. The lowest BCUT2D eigenvalue weighted by atomic mass is 10.1. The van der Waals surface area contributed by atoms with E-state index in [4.69, 9.17) is 9.15 Å². The number of nitrogens with one attached hydrogen (secondary N) is 1. The Hall–Kier alpha value is -2.27. The molecule has 2 rings (SSSR count). The standard InChI is InChI=1S/C15H17NO4/c1-10-8-11(19-2)5-6-12(10)15(18)16-9-13(17)14-4-3-7-20-14/h3-8,13,17H,9H2,1-2H3,(H,16,18)/t13-/m1/s1. The smallest absolute Gasteiger partial charge is 0.251 e. The fourth-order valence-electron chi connectivity index (χ4n) is 1.88. The number of amides is 1. The van der Waals surface area contributed by atoms with E-state index in [2.05, 4.69) is 5.32 Å². The van der Waals surface area contributed by atoms with Crippen LogP contribution in [-0.2, 0) is 0 Å². The molecule has 2 aromatic rings. The number of rotatable bonds is 5. The molecule has 0 radical (unpaired) electrons. The molecule has 0 unspecified atom stereocenters. The van der Waals surface area contributed by atoms with Crippen molar-refractivity contribution in [3.05, 3.63) is 53.5 Å². The van der Waals surface area contributed by atoms with Crippen molar-refractivity contribution in [1.29, 1.82) is 0 Å². The second-order valence-electron chi connectivity index (χ2n) is 4.42. The van der Waals surface area contributed by atoms with Gasteiger partial charge in [0, 0.05) is 5.56 Å². The van der Waals surface area contributed by atoms with Gasteiger partial charge in [-0.2, -0.15) is 0 Å². The van der Waals surface area contributed by atoms with Gasteiger partial charge in [-0.15, -0.1) is 0 Å². The molecule has 0 aliphatic carbocycles. The van der Waals surface area contributed by atoms with Gasteiger partial charge in [0.1, 0.15) is 17.6 Å². The Morgan fingerprint density at radius 2 is 2.25 bits per heavy atom. The summed E-state index contributed by atoms with van der Waals surface area (Å²) in [4.78, 5) is 12.0. The lowest BCUT2D eigenvalue weighted by Crippen LogP contribution is -2.28. The van der Waals surface area contributed by atoms with Crippen molar-refractivity contribution in [2.45, 2.75) is 13.0 Å². The van der Waals surface area contributed by atoms with Crippen molar-refractivity contribution < 1.29 is 19.1 Å². The zero-order valence-corrected chi connectivity index (χ0v) is 11.4. The maximum Gasteiger partial charge on any atom is 0.251 e. The van der Waals surface area contributed by atoms with Crippen LogP contribution in [-0.4, -0.2) is 24.7 Å². The number of carbonyl (C=O) groups excluding carboxylic acids is 1. The highest BCUT2D eigenvalue weighted by Crippen LogP contribution is 2.17. The Morgan fingerprint density at radius 3 is 2.85 bits per heavy atom. The molecular formula is C15H17NO4. The SMILES string of the molecule is COc1ccc(C(=O)NC[C@@H](O)c2ccco2)c(C)c1. The number of benzene rings is 1. The Balaban J connectivity index is 1.98. The molecule has 0 aliphatic heterocycles. The fraction of sp³-hybridized carbons (Fsp3) is 0.267. The number of aliphatic hydroxyl groups is 1. The maximum absolute atomic E-state index is 12.0. The van der Waals surface area contributed by atoms with Gasteiger partial charge in [-0.05, 0) is 42.8 Å². The van der Waals surface area contributed by atoms with Crippen molar-refractivity contribution in [1.82, 2.24) is 5.32 Å². The van der Waals surface area contributed by atoms with Crippen molar-refractivity contribution in [3.8, 4) is 5.75 Å². The van der Waals surface area contributed by atoms with Crippen molar-refractivity contribution in [2.75, 3.05) is 13.7 Å². The highest BCUT2D eigenvalue weighted by atomic mass is 16.5. The number of ether oxygens (including phenoxy) is 1. The lowest BCUT2D eigenvalue weighted by Gasteiger charge is -2.11. The van der Waals surface area contributed by atoms with E-state index < -0.39 is 6.10 Å². The highest BCUT2D eigenvalue weighted by molar-refractivity contribution is 5.95. The first-order valence-corrected chi connectivity index (χ1v) is 6.26. The van der Waals surface area contributed by atoms with E-state index in [1.54, 1.807) is 37.4 Å². The number of methoxy groups -OCH3 is 1. The number of aryl methyl sites for hydroxylation is 1. The Bertz CT molecular complexity index is 578. The first kappa shape index (κ1) is 14.1. The summed E-state index contributed by atoms with van der Waals surface area (Å²) in [6.07, 6.45) is 0.626. The summed E-state index contributed by atoms with van der Waals surface area (Å²) in [7, 11) is 1.58. The first-order valence-electron chi connectivity index (χ1n) is 6.26. The minimum absolute atomic E-state index is 0.0951. The van der Waals surface area contributed by atoms with Crippen LogP contribution in [0, 0.1) is 6.92 Å². The second kappa shape index (κ2) is 6.25. The molecule has 1 aromatic heterocycles. The molecule has 2 N–H and O–H groups in total. The summed E-state index contributed by atoms with van der Waals surface area (Å²) in [5.74, 6) is 0.891. The average Bonchev–Trinajstić information content (AvgIpc) is 2.98. The molecule has 0 saturated heterocycles. The predicted molar refractivity (Wildman–Crippen MR) is 73.7 cm³/mol. The number of hydrogen-bond donors (Lipinski definition) is 2. The van der Waals surface area contributed by atoms with Crippen molar-refractivity contribution in [3.63, 3.8) is 0 Å². The van der Waals surface area contributed by atoms with Gasteiger partial charge in [-0.25, -0.2) is 0 Å². The maximum atomic E-state index is 12.0. The summed E-state index contributed by atoms with van der Waals surface area (Å²) in [5.41, 5.74) is 1.37. The van der Waals surface area contributed by atoms with Gasteiger partial charge in [0.25, 0.3) is 5.91 Å². The highest BCUT2D eigenvalue weighted by Gasteiger charge is 2.14. The summed E-state index contributed by atoms with van der Waals surface area (Å²) in [5, 5.41) is 12.5. The Kier molecular flexibility index (Phi) is 4.42. The molecular weight excluding hydrogens is 258 g/mol. The van der Waals surface area contributed by atoms with Crippen LogP contribution >= 0.6 is 0 Å². The van der Waals surface area contributed by atoms with E-state index in [1.165, 1.54) is 6.26 Å². The van der Waals surface area contributed by atoms with E-state index >= 15 is 0 Å². The molecule has 1 aromatic carbocycles. The summed E-state index contributed by atoms with van der Waals surface area (Å²) in [6.45, 7) is 1.93. The third kappa shape index (κ3) is 3.19. The third-order valence-corrected chi connectivity index (χ3v) is 3.01. The minimum Gasteiger partial charge on any atom is -0.497 e. The topological polar surface area (TPSA) is 71.7 Å². The average molecular weight is 275 g/mol. The van der Waals surface area contributed by atoms with Crippen LogP contribution in [0.3, 0.4) is 0 Å². The predicted octanol–water partition coefficient (Wildman–Crippen LogP) is 2.06. The van der Waals surface area contributed by atoms with E-state index in [0.717, 1.165) is 5.56 Å². The molecule has 20 heavy (non-hydrogen) atoms. The molecule has 0 bridgehead atoms. The molecule has 0 spiro atoms. The Labute approximate surface area is 117 Å². The number of furan rings is 1. The largest absolute Gasteiger partial charge is 0.497 e. The zero-order chi connectivity index (χ0) is 14.5. The summed E-state index contributed by atoms with van der Waals surface area (Å²) < 4.78 is 10.2. The summed E-state index contributed by atoms with van der Waals surface area (Å²) in [6, 6.07) is 8.56. The Morgan fingerprint density at radius 1 is 1.45 bits per heavy atom. The number of aliphatic hydroxyl groups excluding tert-OH is 1. The van der Waals surface area contributed by atoms with Crippen LogP contribution < -0.4 is 10.1 Å². The molecule has 5 nitrogen and oxygen atoms in total. The lowest BCUT2D eigenvalue weighted by molar-refractivity contribution is 0.0900. The van der Waals surface area contributed by atoms with Crippen LogP contribution in [0.4, 0.5) is 0 Å². The van der Waals surface area contributed by atoms with E-state index in [9.17, 15) is 9.90 Å². The number of carbonyl (C=O) groups is 1.